The smallest absolute Gasteiger partial charge is 0.0291 e. The third-order valence-electron chi connectivity index (χ3n) is 3.13. The fourth-order valence-electron chi connectivity index (χ4n) is 2.21. The van der Waals surface area contributed by atoms with E-state index in [1.54, 1.807) is 0 Å². The summed E-state index contributed by atoms with van der Waals surface area (Å²) >= 11 is 0. The molecule has 94 valence electrons. The number of hydrogen-bond acceptors (Lipinski definition) is 2. The Bertz CT molecular complexity index is 479. The molecular weight excluding hydrogens is 220 g/mol. The maximum atomic E-state index is 5.66. The summed E-state index contributed by atoms with van der Waals surface area (Å²) in [5.41, 5.74) is 6.85. The Balaban J connectivity index is 2.01. The number of aryl methyl sites for hydroxylation is 1. The molecule has 2 aromatic rings. The molecule has 18 heavy (non-hydrogen) atoms. The summed E-state index contributed by atoms with van der Waals surface area (Å²) in [6.07, 6.45) is 1.90. The fraction of sp³-hybridized carbons (Fsp3) is 0.250. The Hall–Kier alpha value is -1.64. The van der Waals surface area contributed by atoms with Crippen LogP contribution in [-0.2, 0) is 12.8 Å². The van der Waals surface area contributed by atoms with Crippen molar-refractivity contribution in [1.29, 1.82) is 0 Å². The summed E-state index contributed by atoms with van der Waals surface area (Å²) in [6, 6.07) is 19.3. The minimum Gasteiger partial charge on any atom is -0.271 e. The topological polar surface area (TPSA) is 38.0 Å². The minimum absolute atomic E-state index is 0.272. The number of hydrogen-bond donors (Lipinski definition) is 2. The van der Waals surface area contributed by atoms with Crippen LogP contribution in [0.25, 0.3) is 0 Å². The van der Waals surface area contributed by atoms with Gasteiger partial charge in [-0.25, -0.2) is 0 Å². The van der Waals surface area contributed by atoms with Crippen LogP contribution in [0.15, 0.2) is 54.6 Å². The van der Waals surface area contributed by atoms with Crippen molar-refractivity contribution in [2.24, 2.45) is 5.84 Å². The molecule has 0 aliphatic heterocycles. The summed E-state index contributed by atoms with van der Waals surface area (Å²) in [5, 5.41) is 0. The number of nitrogens with one attached hydrogen (secondary N) is 1. The van der Waals surface area contributed by atoms with E-state index in [2.05, 4.69) is 60.9 Å². The molecule has 0 aliphatic rings. The number of hydrazine groups is 1. The average molecular weight is 240 g/mol. The molecule has 2 heteroatoms. The second-order valence-electron chi connectivity index (χ2n) is 4.75. The van der Waals surface area contributed by atoms with Gasteiger partial charge in [-0.1, -0.05) is 60.2 Å². The van der Waals surface area contributed by atoms with Crippen molar-refractivity contribution in [3.05, 3.63) is 71.3 Å². The predicted octanol–water partition coefficient (Wildman–Crippen LogP) is 2.61. The molecular formula is C16H20N2. The average Bonchev–Trinajstić information content (AvgIpc) is 2.39. The summed E-state index contributed by atoms with van der Waals surface area (Å²) in [4.78, 5) is 0. The molecule has 0 bridgehead atoms. The highest BCUT2D eigenvalue weighted by molar-refractivity contribution is 5.24. The molecule has 2 aromatic carbocycles. The molecule has 3 N–H and O–H groups in total. The quantitative estimate of drug-likeness (QED) is 0.623. The van der Waals surface area contributed by atoms with E-state index in [1.807, 2.05) is 6.07 Å². The van der Waals surface area contributed by atoms with E-state index < -0.39 is 0 Å². The third kappa shape index (κ3) is 3.69. The number of rotatable bonds is 5. The normalized spacial score (nSPS) is 12.3. The Morgan fingerprint density at radius 2 is 1.61 bits per heavy atom. The van der Waals surface area contributed by atoms with Gasteiger partial charge in [0.1, 0.15) is 0 Å². The van der Waals surface area contributed by atoms with Gasteiger partial charge in [-0.05, 0) is 30.9 Å². The van der Waals surface area contributed by atoms with Crippen molar-refractivity contribution in [2.75, 3.05) is 0 Å². The van der Waals surface area contributed by atoms with Crippen LogP contribution in [0.1, 0.15) is 16.7 Å². The van der Waals surface area contributed by atoms with Crippen molar-refractivity contribution in [3.63, 3.8) is 0 Å². The van der Waals surface area contributed by atoms with E-state index in [0.717, 1.165) is 12.8 Å². The zero-order valence-electron chi connectivity index (χ0n) is 10.8. The first-order chi connectivity index (χ1) is 8.78. The molecule has 0 heterocycles. The van der Waals surface area contributed by atoms with E-state index in [0.29, 0.717) is 0 Å². The minimum atomic E-state index is 0.272. The monoisotopic (exact) mass is 240 g/mol. The molecule has 2 nitrogen and oxygen atoms in total. The summed E-state index contributed by atoms with van der Waals surface area (Å²) in [5.74, 6) is 5.66. The summed E-state index contributed by atoms with van der Waals surface area (Å²) in [6.45, 7) is 2.12. The first kappa shape index (κ1) is 12.8. The van der Waals surface area contributed by atoms with Crippen LogP contribution in [0.3, 0.4) is 0 Å². The van der Waals surface area contributed by atoms with Gasteiger partial charge in [0.2, 0.25) is 0 Å². The van der Waals surface area contributed by atoms with Crippen molar-refractivity contribution >= 4 is 0 Å². The first-order valence-corrected chi connectivity index (χ1v) is 6.33. The highest BCUT2D eigenvalue weighted by atomic mass is 15.2. The Kier molecular flexibility index (Phi) is 4.51. The van der Waals surface area contributed by atoms with Gasteiger partial charge >= 0.3 is 0 Å². The maximum Gasteiger partial charge on any atom is 0.0291 e. The lowest BCUT2D eigenvalue weighted by Crippen LogP contribution is -2.38. The van der Waals surface area contributed by atoms with Crippen LogP contribution < -0.4 is 11.3 Å². The van der Waals surface area contributed by atoms with Crippen LogP contribution in [0.2, 0.25) is 0 Å². The van der Waals surface area contributed by atoms with E-state index in [9.17, 15) is 0 Å². The van der Waals surface area contributed by atoms with Crippen LogP contribution in [0.4, 0.5) is 0 Å². The number of benzene rings is 2. The van der Waals surface area contributed by atoms with E-state index in [-0.39, 0.29) is 6.04 Å². The summed E-state index contributed by atoms with van der Waals surface area (Å²) < 4.78 is 0. The van der Waals surface area contributed by atoms with Gasteiger partial charge in [0, 0.05) is 6.04 Å². The zero-order valence-corrected chi connectivity index (χ0v) is 10.8. The summed E-state index contributed by atoms with van der Waals surface area (Å²) in [7, 11) is 0. The largest absolute Gasteiger partial charge is 0.271 e. The molecule has 0 spiro atoms. The fourth-order valence-corrected chi connectivity index (χ4v) is 2.21. The van der Waals surface area contributed by atoms with Crippen molar-refractivity contribution in [1.82, 2.24) is 5.43 Å². The predicted molar refractivity (Wildman–Crippen MR) is 76.1 cm³/mol. The molecule has 1 unspecified atom stereocenters. The first-order valence-electron chi connectivity index (χ1n) is 6.33. The lowest BCUT2D eigenvalue weighted by Gasteiger charge is -2.16. The van der Waals surface area contributed by atoms with Gasteiger partial charge in [0.15, 0.2) is 0 Å². The van der Waals surface area contributed by atoms with E-state index in [4.69, 9.17) is 5.84 Å². The molecule has 0 aliphatic carbocycles. The van der Waals surface area contributed by atoms with Gasteiger partial charge in [0.25, 0.3) is 0 Å². The van der Waals surface area contributed by atoms with Crippen LogP contribution in [0.5, 0.6) is 0 Å². The molecule has 2 rings (SSSR count). The van der Waals surface area contributed by atoms with Gasteiger partial charge < -0.3 is 0 Å². The molecule has 0 radical (unpaired) electrons. The highest BCUT2D eigenvalue weighted by Crippen LogP contribution is 2.10. The van der Waals surface area contributed by atoms with Crippen LogP contribution in [-0.4, -0.2) is 6.04 Å². The SMILES string of the molecule is Cc1cccc(CC(Cc2ccccc2)NN)c1. The van der Waals surface area contributed by atoms with Gasteiger partial charge in [-0.3, -0.25) is 11.3 Å². The van der Waals surface area contributed by atoms with Gasteiger partial charge in [-0.15, -0.1) is 0 Å². The van der Waals surface area contributed by atoms with Crippen molar-refractivity contribution in [3.8, 4) is 0 Å². The molecule has 0 saturated heterocycles. The van der Waals surface area contributed by atoms with Crippen molar-refractivity contribution in [2.45, 2.75) is 25.8 Å². The Morgan fingerprint density at radius 1 is 0.944 bits per heavy atom. The molecule has 1 atom stereocenters. The second kappa shape index (κ2) is 6.34. The maximum absolute atomic E-state index is 5.66. The Morgan fingerprint density at radius 3 is 2.28 bits per heavy atom. The van der Waals surface area contributed by atoms with Crippen LogP contribution in [0, 0.1) is 6.92 Å². The highest BCUT2D eigenvalue weighted by Gasteiger charge is 2.08. The van der Waals surface area contributed by atoms with E-state index >= 15 is 0 Å². The number of nitrogens with two attached hydrogens (primary N) is 1. The Labute approximate surface area is 109 Å². The van der Waals surface area contributed by atoms with Gasteiger partial charge in [0.05, 0.1) is 0 Å². The standard InChI is InChI=1S/C16H20N2/c1-13-6-5-9-15(10-13)12-16(18-17)11-14-7-3-2-4-8-14/h2-10,16,18H,11-12,17H2,1H3. The molecule has 0 fully saturated rings. The zero-order chi connectivity index (χ0) is 12.8. The van der Waals surface area contributed by atoms with Gasteiger partial charge in [-0.2, -0.15) is 0 Å². The molecule has 0 saturated carbocycles. The second-order valence-corrected chi connectivity index (χ2v) is 4.75. The van der Waals surface area contributed by atoms with Crippen molar-refractivity contribution < 1.29 is 0 Å². The third-order valence-corrected chi connectivity index (χ3v) is 3.13. The molecule has 0 amide bonds. The lowest BCUT2D eigenvalue weighted by molar-refractivity contribution is 0.522. The lowest BCUT2D eigenvalue weighted by atomic mass is 9.98. The van der Waals surface area contributed by atoms with Crippen LogP contribution >= 0.6 is 0 Å². The van der Waals surface area contributed by atoms with E-state index in [1.165, 1.54) is 16.7 Å². The molecule has 0 aromatic heterocycles.